The van der Waals surface area contributed by atoms with Crippen LogP contribution in [0.2, 0.25) is 5.02 Å². The summed E-state index contributed by atoms with van der Waals surface area (Å²) in [4.78, 5) is 11.9. The van der Waals surface area contributed by atoms with Crippen LogP contribution in [0.1, 0.15) is 52.2 Å². The molecule has 4 nitrogen and oxygen atoms in total. The van der Waals surface area contributed by atoms with Crippen molar-refractivity contribution in [2.24, 2.45) is 10.5 Å². The third-order valence-electron chi connectivity index (χ3n) is 4.23. The number of ether oxygens (including phenoxy) is 1. The fourth-order valence-corrected chi connectivity index (χ4v) is 3.58. The van der Waals surface area contributed by atoms with Gasteiger partial charge in [-0.1, -0.05) is 70.5 Å². The normalized spacial score (nSPS) is 12.2. The number of hydrogen-bond acceptors (Lipinski definition) is 3. The fourth-order valence-electron chi connectivity index (χ4n) is 3.38. The number of amides is 1. The molecule has 0 aromatic heterocycles. The van der Waals surface area contributed by atoms with Crippen molar-refractivity contribution in [2.45, 2.75) is 46.5 Å². The zero-order valence-corrected chi connectivity index (χ0v) is 18.0. The summed E-state index contributed by atoms with van der Waals surface area (Å²) in [5, 5.41) is 4.53. The van der Waals surface area contributed by atoms with Gasteiger partial charge < -0.3 is 4.74 Å². The van der Waals surface area contributed by atoms with Crippen LogP contribution in [0.3, 0.4) is 0 Å². The lowest BCUT2D eigenvalue weighted by molar-refractivity contribution is -0.123. The zero-order chi connectivity index (χ0) is 20.8. The number of benzene rings is 2. The Hall–Kier alpha value is -2.33. The van der Waals surface area contributed by atoms with Gasteiger partial charge in [-0.3, -0.25) is 4.79 Å². The third-order valence-corrected chi connectivity index (χ3v) is 4.46. The van der Waals surface area contributed by atoms with Crippen molar-refractivity contribution >= 4 is 23.7 Å². The molecule has 0 radical (unpaired) electrons. The Labute approximate surface area is 172 Å². The Morgan fingerprint density at radius 3 is 2.39 bits per heavy atom. The summed E-state index contributed by atoms with van der Waals surface area (Å²) >= 11 is 5.91. The number of carbonyl (C=O) groups excluding carboxylic acids is 1. The number of nitrogens with one attached hydrogen (secondary N) is 1. The van der Waals surface area contributed by atoms with Crippen LogP contribution in [0, 0.1) is 5.41 Å². The van der Waals surface area contributed by atoms with E-state index in [0.717, 1.165) is 12.0 Å². The Kier molecular flexibility index (Phi) is 7.25. The minimum absolute atomic E-state index is 0.0726. The molecular weight excluding hydrogens is 372 g/mol. The molecule has 0 aliphatic rings. The van der Waals surface area contributed by atoms with Gasteiger partial charge in [0.05, 0.1) is 6.21 Å². The summed E-state index contributed by atoms with van der Waals surface area (Å²) in [6.45, 7) is 11.1. The van der Waals surface area contributed by atoms with E-state index in [2.05, 4.69) is 57.3 Å². The van der Waals surface area contributed by atoms with Crippen LogP contribution in [0.4, 0.5) is 0 Å². The summed E-state index contributed by atoms with van der Waals surface area (Å²) in [7, 11) is 0. The maximum atomic E-state index is 11.9. The van der Waals surface area contributed by atoms with E-state index in [0.29, 0.717) is 10.8 Å². The molecule has 2 aromatic carbocycles. The molecule has 0 spiro atoms. The largest absolute Gasteiger partial charge is 0.484 e. The van der Waals surface area contributed by atoms with Crippen LogP contribution < -0.4 is 10.2 Å². The molecule has 5 heteroatoms. The third kappa shape index (κ3) is 7.35. The molecule has 1 N–H and O–H groups in total. The van der Waals surface area contributed by atoms with Gasteiger partial charge in [-0.2, -0.15) is 5.10 Å². The minimum atomic E-state index is -0.324. The Balaban J connectivity index is 1.85. The summed E-state index contributed by atoms with van der Waals surface area (Å²) in [5.74, 6) is 0.333. The van der Waals surface area contributed by atoms with Gasteiger partial charge in [-0.15, -0.1) is 0 Å². The first-order valence-corrected chi connectivity index (χ1v) is 9.74. The monoisotopic (exact) mass is 400 g/mol. The molecule has 0 aliphatic heterocycles. The highest BCUT2D eigenvalue weighted by atomic mass is 35.5. The van der Waals surface area contributed by atoms with Gasteiger partial charge in [-0.25, -0.2) is 5.43 Å². The first-order valence-electron chi connectivity index (χ1n) is 9.36. The Morgan fingerprint density at radius 2 is 1.79 bits per heavy atom. The topological polar surface area (TPSA) is 50.7 Å². The van der Waals surface area contributed by atoms with Gasteiger partial charge in [0.2, 0.25) is 0 Å². The number of rotatable bonds is 7. The highest BCUT2D eigenvalue weighted by Crippen LogP contribution is 2.36. The Morgan fingerprint density at radius 1 is 1.11 bits per heavy atom. The summed E-state index contributed by atoms with van der Waals surface area (Å²) in [6, 6.07) is 15.1. The average molecular weight is 401 g/mol. The molecule has 0 aliphatic carbocycles. The molecule has 0 saturated carbocycles. The quantitative estimate of drug-likeness (QED) is 0.487. The zero-order valence-electron chi connectivity index (χ0n) is 17.3. The van der Waals surface area contributed by atoms with Crippen molar-refractivity contribution in [3.63, 3.8) is 0 Å². The average Bonchev–Trinajstić information content (AvgIpc) is 2.58. The second kappa shape index (κ2) is 9.24. The minimum Gasteiger partial charge on any atom is -0.484 e. The van der Waals surface area contributed by atoms with Crippen molar-refractivity contribution in [1.82, 2.24) is 5.43 Å². The molecule has 2 rings (SSSR count). The van der Waals surface area contributed by atoms with Crippen molar-refractivity contribution < 1.29 is 9.53 Å². The van der Waals surface area contributed by atoms with Gasteiger partial charge in [0.25, 0.3) is 5.91 Å². The van der Waals surface area contributed by atoms with Gasteiger partial charge in [0.15, 0.2) is 6.61 Å². The molecule has 0 bridgehead atoms. The van der Waals surface area contributed by atoms with Crippen LogP contribution in [0.25, 0.3) is 0 Å². The van der Waals surface area contributed by atoms with Gasteiger partial charge in [0.1, 0.15) is 5.75 Å². The molecule has 0 fully saturated rings. The summed E-state index contributed by atoms with van der Waals surface area (Å²) in [6.07, 6.45) is 2.61. The highest BCUT2D eigenvalue weighted by Gasteiger charge is 2.27. The molecule has 0 saturated heterocycles. The van der Waals surface area contributed by atoms with Crippen LogP contribution in [0.5, 0.6) is 5.75 Å². The van der Waals surface area contributed by atoms with Crippen molar-refractivity contribution in [3.05, 3.63) is 64.7 Å². The number of hydrogen-bond donors (Lipinski definition) is 1. The predicted molar refractivity (Wildman–Crippen MR) is 116 cm³/mol. The summed E-state index contributed by atoms with van der Waals surface area (Å²) < 4.78 is 5.55. The van der Waals surface area contributed by atoms with E-state index in [9.17, 15) is 4.79 Å². The maximum absolute atomic E-state index is 11.9. The SMILES string of the molecule is CC(C)(C)CC(C)(C)c1ccc(OCC(=O)NN=Cc2cccc(Cl)c2)cc1. The van der Waals surface area contributed by atoms with Crippen molar-refractivity contribution in [2.75, 3.05) is 6.61 Å². The second-order valence-corrected chi connectivity index (χ2v) is 9.22. The van der Waals surface area contributed by atoms with E-state index >= 15 is 0 Å². The maximum Gasteiger partial charge on any atom is 0.277 e. The van der Waals surface area contributed by atoms with E-state index in [1.165, 1.54) is 11.8 Å². The second-order valence-electron chi connectivity index (χ2n) is 8.78. The van der Waals surface area contributed by atoms with Crippen LogP contribution >= 0.6 is 11.6 Å². The van der Waals surface area contributed by atoms with Crippen LogP contribution in [-0.4, -0.2) is 18.7 Å². The fraction of sp³-hybridized carbons (Fsp3) is 0.391. The molecule has 0 heterocycles. The lowest BCUT2D eigenvalue weighted by atomic mass is 9.72. The predicted octanol–water partition coefficient (Wildman–Crippen LogP) is 5.58. The standard InChI is InChI=1S/C23H29ClN2O2/c1-22(2,3)16-23(4,5)18-9-11-20(12-10-18)28-15-21(27)26-25-14-17-7-6-8-19(24)13-17/h6-14H,15-16H2,1-5H3,(H,26,27). The number of halogens is 1. The van der Waals surface area contributed by atoms with E-state index in [-0.39, 0.29) is 23.3 Å². The molecule has 1 amide bonds. The first-order chi connectivity index (χ1) is 13.0. The highest BCUT2D eigenvalue weighted by molar-refractivity contribution is 6.30. The number of carbonyl (C=O) groups is 1. The Bertz CT molecular complexity index is 821. The van der Waals surface area contributed by atoms with Crippen molar-refractivity contribution in [1.29, 1.82) is 0 Å². The molecular formula is C23H29ClN2O2. The van der Waals surface area contributed by atoms with Gasteiger partial charge >= 0.3 is 0 Å². The first kappa shape index (κ1) is 22.0. The molecule has 0 unspecified atom stereocenters. The van der Waals surface area contributed by atoms with E-state index in [1.54, 1.807) is 12.1 Å². The van der Waals surface area contributed by atoms with Gasteiger partial charge in [0, 0.05) is 5.02 Å². The lowest BCUT2D eigenvalue weighted by Gasteiger charge is -2.33. The molecule has 150 valence electrons. The molecule has 0 atom stereocenters. The number of nitrogens with zero attached hydrogens (tertiary/aromatic N) is 1. The van der Waals surface area contributed by atoms with Gasteiger partial charge in [-0.05, 0) is 52.6 Å². The van der Waals surface area contributed by atoms with Crippen molar-refractivity contribution in [3.8, 4) is 5.75 Å². The van der Waals surface area contributed by atoms with Crippen LogP contribution in [-0.2, 0) is 10.2 Å². The van der Waals surface area contributed by atoms with Crippen LogP contribution in [0.15, 0.2) is 53.6 Å². The summed E-state index contributed by atoms with van der Waals surface area (Å²) in [5.41, 5.74) is 4.83. The lowest BCUT2D eigenvalue weighted by Crippen LogP contribution is -2.25. The molecule has 2 aromatic rings. The van der Waals surface area contributed by atoms with E-state index < -0.39 is 0 Å². The molecule has 28 heavy (non-hydrogen) atoms. The number of hydrazone groups is 1. The smallest absolute Gasteiger partial charge is 0.277 e. The van der Waals surface area contributed by atoms with E-state index in [4.69, 9.17) is 16.3 Å². The van der Waals surface area contributed by atoms with E-state index in [1.807, 2.05) is 24.3 Å².